The van der Waals surface area contributed by atoms with Crippen LogP contribution in [0.5, 0.6) is 0 Å². The molecule has 2 aromatic carbocycles. The number of aryl methyl sites for hydroxylation is 2. The molecule has 2 aromatic rings. The van der Waals surface area contributed by atoms with Crippen LogP contribution in [-0.2, 0) is 7.86 Å². The van der Waals surface area contributed by atoms with Gasteiger partial charge in [-0.1, -0.05) is 0 Å². The first-order valence-electron chi connectivity index (χ1n) is 6.41. The quantitative estimate of drug-likeness (QED) is 0.660. The van der Waals surface area contributed by atoms with Gasteiger partial charge in [-0.15, -0.1) is 0 Å². The van der Waals surface area contributed by atoms with Crippen molar-refractivity contribution in [2.24, 2.45) is 0 Å². The molecule has 0 saturated carbocycles. The van der Waals surface area contributed by atoms with Crippen LogP contribution in [0.4, 0.5) is 13.2 Å². The summed E-state index contributed by atoms with van der Waals surface area (Å²) in [7, 11) is 0. The van der Waals surface area contributed by atoms with E-state index in [9.17, 15) is 18.0 Å². The van der Waals surface area contributed by atoms with Crippen LogP contribution in [0.15, 0.2) is 48.5 Å². The van der Waals surface area contributed by atoms with Gasteiger partial charge in [0.05, 0.1) is 0 Å². The summed E-state index contributed by atoms with van der Waals surface area (Å²) in [6.07, 6.45) is -4.99. The maximum absolute atomic E-state index is 12.6. The Hall–Kier alpha value is -1.57. The number of carbonyl (C=O) groups excluding carboxylic acids is 1. The first-order valence-corrected chi connectivity index (χ1v) is 9.45. The molecule has 0 aromatic heterocycles. The van der Waals surface area contributed by atoms with E-state index in [-0.39, 0.29) is 0 Å². The molecular weight excluding hydrogens is 408 g/mol. The Bertz CT molecular complexity index is 638. The third kappa shape index (κ3) is 3.79. The number of benzene rings is 2. The molecule has 0 N–H and O–H groups in total. The molecule has 0 heterocycles. The zero-order chi connectivity index (χ0) is 16.3. The summed E-state index contributed by atoms with van der Waals surface area (Å²) in [6.45, 7) is 3.61. The van der Waals surface area contributed by atoms with E-state index >= 15 is 0 Å². The summed E-state index contributed by atoms with van der Waals surface area (Å²) in [5, 5.41) is 0. The van der Waals surface area contributed by atoms with Crippen molar-refractivity contribution in [3.63, 3.8) is 0 Å². The molecule has 0 radical (unpaired) electrons. The molecule has 118 valence electrons. The molecule has 0 atom stereocenters. The number of hydrogen-bond acceptors (Lipinski definition) is 2. The fourth-order valence-electron chi connectivity index (χ4n) is 1.79. The van der Waals surface area contributed by atoms with Gasteiger partial charge in [0.1, 0.15) is 0 Å². The van der Waals surface area contributed by atoms with Crippen molar-refractivity contribution in [3.8, 4) is 0 Å². The Morgan fingerprint density at radius 3 is 1.68 bits per heavy atom. The molecule has 22 heavy (non-hydrogen) atoms. The van der Waals surface area contributed by atoms with Gasteiger partial charge in [0, 0.05) is 0 Å². The van der Waals surface area contributed by atoms with Crippen molar-refractivity contribution in [2.75, 3.05) is 0 Å². The Balaban J connectivity index is 2.49. The van der Waals surface area contributed by atoms with Gasteiger partial charge in [0.2, 0.25) is 0 Å². The third-order valence-corrected chi connectivity index (χ3v) is 8.27. The topological polar surface area (TPSA) is 26.3 Å². The van der Waals surface area contributed by atoms with Crippen molar-refractivity contribution >= 4 is 26.2 Å². The van der Waals surface area contributed by atoms with Crippen LogP contribution in [0.3, 0.4) is 0 Å². The normalized spacial score (nSPS) is 12.0. The zero-order valence-corrected chi connectivity index (χ0v) is 14.1. The van der Waals surface area contributed by atoms with Crippen LogP contribution < -0.4 is 0 Å². The van der Waals surface area contributed by atoms with Gasteiger partial charge >= 0.3 is 134 Å². The molecule has 0 aliphatic carbocycles. The van der Waals surface area contributed by atoms with Gasteiger partial charge in [-0.05, 0) is 0 Å². The Morgan fingerprint density at radius 1 is 0.909 bits per heavy atom. The predicted molar refractivity (Wildman–Crippen MR) is 85.9 cm³/mol. The van der Waals surface area contributed by atoms with Crippen LogP contribution in [0.1, 0.15) is 11.1 Å². The number of halogens is 4. The summed E-state index contributed by atoms with van der Waals surface area (Å²) in [5.74, 6) is -2.12. The van der Waals surface area contributed by atoms with E-state index in [1.54, 1.807) is 62.4 Å². The Morgan fingerprint density at radius 2 is 1.32 bits per heavy atom. The molecule has 0 aliphatic heterocycles. The molecule has 0 bridgehead atoms. The van der Waals surface area contributed by atoms with Crippen molar-refractivity contribution < 1.29 is 21.0 Å². The van der Waals surface area contributed by atoms with E-state index in [2.05, 4.69) is 0 Å². The molecule has 0 spiro atoms. The molecule has 0 amide bonds. The fourth-order valence-corrected chi connectivity index (χ4v) is 6.52. The van der Waals surface area contributed by atoms with E-state index in [0.717, 1.165) is 11.1 Å². The second-order valence-corrected chi connectivity index (χ2v) is 8.79. The third-order valence-electron chi connectivity index (χ3n) is 2.90. The summed E-state index contributed by atoms with van der Waals surface area (Å²) >= 11 is -2.97. The van der Waals surface area contributed by atoms with Gasteiger partial charge in [0.25, 0.3) is 0 Å². The fraction of sp³-hybridized carbons (Fsp3) is 0.188. The first-order chi connectivity index (χ1) is 10.3. The number of carbonyl (C=O) groups is 1. The van der Waals surface area contributed by atoms with Crippen molar-refractivity contribution in [3.05, 3.63) is 66.8 Å². The zero-order valence-electron chi connectivity index (χ0n) is 11.9. The van der Waals surface area contributed by atoms with Crippen LogP contribution >= 0.6 is 20.2 Å². The van der Waals surface area contributed by atoms with Gasteiger partial charge in [-0.3, -0.25) is 0 Å². The van der Waals surface area contributed by atoms with Gasteiger partial charge in [-0.2, -0.15) is 0 Å². The van der Waals surface area contributed by atoms with E-state index in [4.69, 9.17) is 3.07 Å². The molecule has 0 saturated heterocycles. The SMILES string of the molecule is Cc1ccccc1I(OC(=O)C(F)(F)F)c1ccccc1C. The summed E-state index contributed by atoms with van der Waals surface area (Å²) in [5.41, 5.74) is 1.65. The molecule has 0 aliphatic rings. The summed E-state index contributed by atoms with van der Waals surface area (Å²) in [4.78, 5) is 11.3. The van der Waals surface area contributed by atoms with Crippen LogP contribution in [0.25, 0.3) is 0 Å². The summed E-state index contributed by atoms with van der Waals surface area (Å²) < 4.78 is 44.1. The molecule has 0 unspecified atom stereocenters. The van der Waals surface area contributed by atoms with Crippen molar-refractivity contribution in [2.45, 2.75) is 20.0 Å². The predicted octanol–water partition coefficient (Wildman–Crippen LogP) is 4.87. The average Bonchev–Trinajstić information content (AvgIpc) is 2.45. The monoisotopic (exact) mass is 422 g/mol. The van der Waals surface area contributed by atoms with Crippen LogP contribution in [0, 0.1) is 21.0 Å². The minimum absolute atomic E-state index is 0.693. The van der Waals surface area contributed by atoms with E-state index in [1.165, 1.54) is 0 Å². The molecule has 2 nitrogen and oxygen atoms in total. The van der Waals surface area contributed by atoms with Crippen molar-refractivity contribution in [1.82, 2.24) is 0 Å². The molecule has 2 rings (SSSR count). The number of hydrogen-bond donors (Lipinski definition) is 0. The molecular formula is C16H14F3IO2. The van der Waals surface area contributed by atoms with Gasteiger partial charge in [0.15, 0.2) is 0 Å². The minimum atomic E-state index is -4.99. The first kappa shape index (κ1) is 16.8. The molecule has 0 fully saturated rings. The molecule has 6 heteroatoms. The van der Waals surface area contributed by atoms with E-state index in [1.807, 2.05) is 0 Å². The Kier molecular flexibility index (Phi) is 5.10. The van der Waals surface area contributed by atoms with E-state index in [0.29, 0.717) is 7.14 Å². The van der Waals surface area contributed by atoms with Crippen LogP contribution in [-0.4, -0.2) is 12.1 Å². The van der Waals surface area contributed by atoms with Gasteiger partial charge in [-0.25, -0.2) is 0 Å². The van der Waals surface area contributed by atoms with Crippen molar-refractivity contribution in [1.29, 1.82) is 0 Å². The number of alkyl halides is 3. The second kappa shape index (κ2) is 6.68. The standard InChI is InChI=1S/C16H14F3IO2/c1-11-7-3-5-9-13(11)20(22-15(21)16(17,18)19)14-10-6-4-8-12(14)2/h3-10H,1-2H3. The average molecular weight is 422 g/mol. The van der Waals surface area contributed by atoms with Gasteiger partial charge < -0.3 is 0 Å². The second-order valence-electron chi connectivity index (χ2n) is 4.61. The van der Waals surface area contributed by atoms with E-state index < -0.39 is 32.4 Å². The Labute approximate surface area is 134 Å². The maximum atomic E-state index is 12.6. The van der Waals surface area contributed by atoms with Crippen LogP contribution in [0.2, 0.25) is 0 Å². The summed E-state index contributed by atoms with van der Waals surface area (Å²) in [6, 6.07) is 14.2. The number of rotatable bonds is 3.